The molecule has 1 aliphatic rings. The number of carbonyl (C=O) groups excluding carboxylic acids is 1. The summed E-state index contributed by atoms with van der Waals surface area (Å²) in [6, 6.07) is 18.9. The van der Waals surface area contributed by atoms with Gasteiger partial charge in [-0.25, -0.2) is 4.79 Å². The molecule has 224 valence electrons. The lowest BCUT2D eigenvalue weighted by Gasteiger charge is -2.22. The van der Waals surface area contributed by atoms with Crippen molar-refractivity contribution >= 4 is 27.6 Å². The number of nitrogens with one attached hydrogen (secondary N) is 1. The molecule has 3 heterocycles. The number of esters is 1. The molecule has 0 radical (unpaired) electrons. The van der Waals surface area contributed by atoms with Crippen molar-refractivity contribution < 1.29 is 14.3 Å². The number of nitrogens with zero attached hydrogens (tertiary/aromatic N) is 3. The van der Waals surface area contributed by atoms with Gasteiger partial charge in [0.25, 0.3) is 0 Å². The summed E-state index contributed by atoms with van der Waals surface area (Å²) in [4.78, 5) is 16.1. The molecule has 0 amide bonds. The van der Waals surface area contributed by atoms with Crippen LogP contribution in [-0.2, 0) is 30.7 Å². The molecule has 0 bridgehead atoms. The van der Waals surface area contributed by atoms with Gasteiger partial charge in [0, 0.05) is 35.0 Å². The Morgan fingerprint density at radius 3 is 2.65 bits per heavy atom. The first-order valence-electron chi connectivity index (χ1n) is 15.7. The van der Waals surface area contributed by atoms with Gasteiger partial charge in [-0.15, -0.1) is 0 Å². The van der Waals surface area contributed by atoms with Crippen LogP contribution < -0.4 is 4.74 Å². The van der Waals surface area contributed by atoms with Crippen LogP contribution in [0.25, 0.3) is 32.8 Å². The number of carbonyl (C=O) groups is 1. The van der Waals surface area contributed by atoms with Gasteiger partial charge in [-0.05, 0) is 75.7 Å². The topological polar surface area (TPSA) is 72.4 Å². The van der Waals surface area contributed by atoms with Gasteiger partial charge in [0.05, 0.1) is 30.1 Å². The number of aromatic amines is 1. The molecule has 0 unspecified atom stereocenters. The molecule has 1 aliphatic heterocycles. The first-order valence-corrected chi connectivity index (χ1v) is 15.7. The zero-order chi connectivity index (χ0) is 29.9. The third-order valence-corrected chi connectivity index (χ3v) is 8.59. The van der Waals surface area contributed by atoms with Gasteiger partial charge >= 0.3 is 5.97 Å². The van der Waals surface area contributed by atoms with Crippen molar-refractivity contribution in [1.82, 2.24) is 19.7 Å². The molecule has 0 aliphatic carbocycles. The van der Waals surface area contributed by atoms with Gasteiger partial charge in [-0.2, -0.15) is 5.10 Å². The highest BCUT2D eigenvalue weighted by Gasteiger charge is 2.29. The van der Waals surface area contributed by atoms with E-state index >= 15 is 0 Å². The minimum atomic E-state index is -0.251. The number of rotatable bonds is 9. The van der Waals surface area contributed by atoms with Gasteiger partial charge < -0.3 is 18.9 Å². The van der Waals surface area contributed by atoms with Crippen LogP contribution in [0.3, 0.4) is 0 Å². The number of benzene rings is 3. The molecule has 1 N–H and O–H groups in total. The van der Waals surface area contributed by atoms with Crippen LogP contribution in [-0.4, -0.2) is 52.4 Å². The molecule has 2 aromatic heterocycles. The maximum Gasteiger partial charge on any atom is 0.355 e. The fourth-order valence-electron chi connectivity index (χ4n) is 6.69. The van der Waals surface area contributed by atoms with Crippen LogP contribution in [0, 0.1) is 6.92 Å². The number of H-pyrrole nitrogens is 1. The highest BCUT2D eigenvalue weighted by molar-refractivity contribution is 6.05. The summed E-state index contributed by atoms with van der Waals surface area (Å²) < 4.78 is 14.3. The maximum atomic E-state index is 13.7. The van der Waals surface area contributed by atoms with Crippen molar-refractivity contribution in [1.29, 1.82) is 0 Å². The zero-order valence-electron chi connectivity index (χ0n) is 25.8. The van der Waals surface area contributed by atoms with E-state index in [1.54, 1.807) is 0 Å². The zero-order valence-corrected chi connectivity index (χ0v) is 25.8. The van der Waals surface area contributed by atoms with Crippen molar-refractivity contribution in [3.8, 4) is 16.9 Å². The van der Waals surface area contributed by atoms with Crippen molar-refractivity contribution in [2.24, 2.45) is 0 Å². The monoisotopic (exact) mass is 578 g/mol. The van der Waals surface area contributed by atoms with Gasteiger partial charge in [-0.1, -0.05) is 61.9 Å². The Morgan fingerprint density at radius 1 is 0.977 bits per heavy atom. The van der Waals surface area contributed by atoms with Crippen LogP contribution in [0.4, 0.5) is 0 Å². The van der Waals surface area contributed by atoms with E-state index in [1.165, 1.54) is 22.1 Å². The van der Waals surface area contributed by atoms with Gasteiger partial charge in [0.15, 0.2) is 0 Å². The second-order valence-electron chi connectivity index (χ2n) is 11.6. The minimum Gasteiger partial charge on any atom is -0.493 e. The fraction of sp³-hybridized carbons (Fsp3) is 0.389. The lowest BCUT2D eigenvalue weighted by Crippen LogP contribution is -2.23. The van der Waals surface area contributed by atoms with E-state index in [4.69, 9.17) is 14.6 Å². The van der Waals surface area contributed by atoms with Gasteiger partial charge in [0.2, 0.25) is 0 Å². The van der Waals surface area contributed by atoms with E-state index in [9.17, 15) is 4.79 Å². The molecule has 5 aromatic rings. The molecule has 7 heteroatoms. The van der Waals surface area contributed by atoms with Crippen molar-refractivity contribution in [3.63, 3.8) is 0 Å². The average Bonchev–Trinajstić information content (AvgIpc) is 3.53. The molecule has 0 atom stereocenters. The highest BCUT2D eigenvalue weighted by Crippen LogP contribution is 2.41. The molecule has 0 saturated heterocycles. The van der Waals surface area contributed by atoms with Crippen LogP contribution in [0.2, 0.25) is 0 Å². The van der Waals surface area contributed by atoms with Crippen molar-refractivity contribution in [2.45, 2.75) is 66.0 Å². The Balaban J connectivity index is 1.45. The average molecular weight is 579 g/mol. The predicted molar refractivity (Wildman–Crippen MR) is 173 cm³/mol. The summed E-state index contributed by atoms with van der Waals surface area (Å²) in [6.07, 6.45) is 4.33. The van der Waals surface area contributed by atoms with Crippen LogP contribution in [0.5, 0.6) is 5.75 Å². The van der Waals surface area contributed by atoms with E-state index in [0.29, 0.717) is 25.3 Å². The summed E-state index contributed by atoms with van der Waals surface area (Å²) in [5, 5.41) is 11.6. The molecule has 43 heavy (non-hydrogen) atoms. The van der Waals surface area contributed by atoms with E-state index in [0.717, 1.165) is 84.3 Å². The van der Waals surface area contributed by atoms with Crippen LogP contribution in [0.1, 0.15) is 66.1 Å². The minimum absolute atomic E-state index is 0.251. The van der Waals surface area contributed by atoms with Crippen LogP contribution >= 0.6 is 0 Å². The summed E-state index contributed by atoms with van der Waals surface area (Å²) in [5.74, 6) is 0.640. The Hall–Kier alpha value is -4.10. The Morgan fingerprint density at radius 2 is 1.81 bits per heavy atom. The van der Waals surface area contributed by atoms with E-state index < -0.39 is 0 Å². The largest absolute Gasteiger partial charge is 0.493 e. The lowest BCUT2D eigenvalue weighted by atomic mass is 9.93. The summed E-state index contributed by atoms with van der Waals surface area (Å²) >= 11 is 0. The second kappa shape index (κ2) is 12.6. The number of aromatic nitrogens is 3. The summed E-state index contributed by atoms with van der Waals surface area (Å²) in [6.45, 7) is 9.61. The Labute approximate surface area is 253 Å². The standard InChI is InChI=1S/C36H42N4O3/c1-5-12-29-33-30(38-37-29)23-39(4)20-11-21-40-34-28(19-18-24(3)32(33)34)27(35(40)36(41)42-6-2)16-10-22-43-31-17-9-14-25-13-7-8-15-26(25)31/h7-9,13-15,17-19H,5-6,10-12,16,20-23H2,1-4H3,(H,37,38). The first-order chi connectivity index (χ1) is 21.0. The van der Waals surface area contributed by atoms with Crippen LogP contribution in [0.15, 0.2) is 54.6 Å². The Bertz CT molecular complexity index is 1760. The number of aryl methyl sites for hydroxylation is 4. The lowest BCUT2D eigenvalue weighted by molar-refractivity contribution is 0.0512. The third-order valence-electron chi connectivity index (χ3n) is 8.59. The SMILES string of the molecule is CCCc1n[nH]c2c1-c1c(C)ccc3c(CCCOc4cccc5ccccc45)c(C(=O)OCC)n(c13)CCCN(C)C2. The second-order valence-corrected chi connectivity index (χ2v) is 11.6. The highest BCUT2D eigenvalue weighted by atomic mass is 16.5. The molecule has 7 nitrogen and oxygen atoms in total. The van der Waals surface area contributed by atoms with E-state index in [2.05, 4.69) is 65.8 Å². The van der Waals surface area contributed by atoms with Gasteiger partial charge in [0.1, 0.15) is 11.4 Å². The smallest absolute Gasteiger partial charge is 0.355 e. The normalized spacial score (nSPS) is 13.8. The van der Waals surface area contributed by atoms with Crippen molar-refractivity contribution in [3.05, 3.63) is 82.8 Å². The molecule has 3 aromatic carbocycles. The van der Waals surface area contributed by atoms with Gasteiger partial charge in [-0.3, -0.25) is 5.10 Å². The van der Waals surface area contributed by atoms with E-state index in [-0.39, 0.29) is 5.97 Å². The molecular formula is C36H42N4O3. The molecule has 0 saturated carbocycles. The fourth-order valence-corrected chi connectivity index (χ4v) is 6.69. The predicted octanol–water partition coefficient (Wildman–Crippen LogP) is 7.47. The van der Waals surface area contributed by atoms with Crippen molar-refractivity contribution in [2.75, 3.05) is 26.8 Å². The number of fused-ring (bicyclic) bond motifs is 3. The molecule has 6 rings (SSSR count). The number of ether oxygens (including phenoxy) is 2. The molecule has 0 fully saturated rings. The third kappa shape index (κ3) is 5.54. The first kappa shape index (κ1) is 29.0. The Kier molecular flexibility index (Phi) is 8.52. The number of hydrogen-bond donors (Lipinski definition) is 1. The molecular weight excluding hydrogens is 536 g/mol. The maximum absolute atomic E-state index is 13.7. The molecule has 0 spiro atoms. The summed E-state index contributed by atoms with van der Waals surface area (Å²) in [7, 11) is 2.16. The number of hydrogen-bond acceptors (Lipinski definition) is 5. The summed E-state index contributed by atoms with van der Waals surface area (Å²) in [5.41, 5.74) is 8.65. The quantitative estimate of drug-likeness (QED) is 0.145. The van der Waals surface area contributed by atoms with E-state index in [1.807, 2.05) is 31.2 Å².